The number of hydrogen-bond acceptors (Lipinski definition) is 6. The number of unbranched alkanes of at least 4 members (excludes halogenated alkanes) is 3. The summed E-state index contributed by atoms with van der Waals surface area (Å²) >= 11 is 0. The van der Waals surface area contributed by atoms with Crippen LogP contribution in [0.1, 0.15) is 83.9 Å². The number of carbonyl (C=O) groups is 3. The van der Waals surface area contributed by atoms with Crippen LogP contribution >= 0.6 is 0 Å². The molecule has 0 atom stereocenters. The number of esters is 2. The smallest absolute Gasteiger partial charge is 0.349 e. The lowest BCUT2D eigenvalue weighted by molar-refractivity contribution is -0.117. The summed E-state index contributed by atoms with van der Waals surface area (Å²) in [6.07, 6.45) is 5.19. The summed E-state index contributed by atoms with van der Waals surface area (Å²) in [6, 6.07) is 19.2. The van der Waals surface area contributed by atoms with E-state index in [1.165, 1.54) is 18.6 Å². The minimum Gasteiger partial charge on any atom is -0.507 e. The number of benzene rings is 3. The molecule has 3 aromatic rings. The monoisotopic (exact) mass is 560 g/mol. The Morgan fingerprint density at radius 1 is 0.756 bits per heavy atom. The van der Waals surface area contributed by atoms with Crippen LogP contribution in [0.5, 0.6) is 5.75 Å². The largest absolute Gasteiger partial charge is 0.507 e. The Hall–Kier alpha value is -3.97. The van der Waals surface area contributed by atoms with Crippen molar-refractivity contribution in [1.82, 2.24) is 4.90 Å². The van der Waals surface area contributed by atoms with E-state index in [0.29, 0.717) is 12.1 Å². The first kappa shape index (κ1) is 33.2. The summed E-state index contributed by atoms with van der Waals surface area (Å²) in [5.74, 6) is -1.68. The Morgan fingerprint density at radius 2 is 1.34 bits per heavy atom. The van der Waals surface area contributed by atoms with Crippen LogP contribution in [0.2, 0.25) is 0 Å². The van der Waals surface area contributed by atoms with Crippen molar-refractivity contribution in [2.45, 2.75) is 66.7 Å². The zero-order valence-corrected chi connectivity index (χ0v) is 25.0. The van der Waals surface area contributed by atoms with Crippen molar-refractivity contribution in [2.75, 3.05) is 25.0 Å². The van der Waals surface area contributed by atoms with Gasteiger partial charge in [-0.3, -0.25) is 9.69 Å². The molecule has 7 nitrogen and oxygen atoms in total. The maximum Gasteiger partial charge on any atom is 0.349 e. The van der Waals surface area contributed by atoms with Gasteiger partial charge in [-0.1, -0.05) is 88.6 Å². The summed E-state index contributed by atoms with van der Waals surface area (Å²) in [5, 5.41) is 12.7. The number of rotatable bonds is 12. The molecule has 0 aromatic heterocycles. The molecule has 0 aliphatic heterocycles. The molecule has 7 heteroatoms. The van der Waals surface area contributed by atoms with E-state index in [-0.39, 0.29) is 17.2 Å². The molecule has 0 heterocycles. The van der Waals surface area contributed by atoms with Crippen LogP contribution in [-0.2, 0) is 16.0 Å². The number of para-hydroxylation sites is 2. The summed E-state index contributed by atoms with van der Waals surface area (Å²) < 4.78 is 4.93. The molecule has 0 aliphatic carbocycles. The summed E-state index contributed by atoms with van der Waals surface area (Å²) in [6.45, 7) is 12.6. The standard InChI is InChI=1S/C20H22O4.C14H22N2O/c1-2-3-4-5-10-15-11-6-7-12-16(15)19(22)24-20(23)17-13-8-9-14-18(17)21;1-5-16(6-2)10-13(17)15-14-11(3)8-7-9-12(14)4/h6-9,11-14,21H,2-5,10H2,1H3;7-9H,5-6,10H2,1-4H3,(H,15,17). The molecule has 0 fully saturated rings. The van der Waals surface area contributed by atoms with E-state index in [9.17, 15) is 19.5 Å². The average molecular weight is 561 g/mol. The maximum absolute atomic E-state index is 12.3. The van der Waals surface area contributed by atoms with Crippen molar-refractivity contribution in [1.29, 1.82) is 0 Å². The highest BCUT2D eigenvalue weighted by molar-refractivity contribution is 6.04. The van der Waals surface area contributed by atoms with Gasteiger partial charge in [-0.2, -0.15) is 0 Å². The number of aromatic hydroxyl groups is 1. The fourth-order valence-corrected chi connectivity index (χ4v) is 4.36. The zero-order chi connectivity index (χ0) is 30.2. The average Bonchev–Trinajstić information content (AvgIpc) is 2.96. The number of amides is 1. The Bertz CT molecular complexity index is 1260. The predicted octanol–water partition coefficient (Wildman–Crippen LogP) is 7.10. The number of ether oxygens (including phenoxy) is 1. The molecule has 1 amide bonds. The normalized spacial score (nSPS) is 10.5. The second-order valence-electron chi connectivity index (χ2n) is 9.94. The molecule has 0 bridgehead atoms. The lowest BCUT2D eigenvalue weighted by Gasteiger charge is -2.18. The molecule has 0 radical (unpaired) electrons. The molecular weight excluding hydrogens is 516 g/mol. The van der Waals surface area contributed by atoms with Gasteiger partial charge in [0.25, 0.3) is 0 Å². The highest BCUT2D eigenvalue weighted by atomic mass is 16.6. The summed E-state index contributed by atoms with van der Waals surface area (Å²) in [5.41, 5.74) is 4.42. The quantitative estimate of drug-likeness (QED) is 0.139. The third-order valence-electron chi connectivity index (χ3n) is 6.85. The molecule has 0 saturated carbocycles. The first-order valence-electron chi connectivity index (χ1n) is 14.4. The number of anilines is 1. The molecule has 0 spiro atoms. The maximum atomic E-state index is 12.3. The number of aryl methyl sites for hydroxylation is 3. The Balaban J connectivity index is 0.000000305. The number of nitrogens with one attached hydrogen (secondary N) is 1. The van der Waals surface area contributed by atoms with Gasteiger partial charge in [0.1, 0.15) is 11.3 Å². The van der Waals surface area contributed by atoms with Crippen LogP contribution in [-0.4, -0.2) is 47.5 Å². The van der Waals surface area contributed by atoms with Gasteiger partial charge in [0, 0.05) is 5.69 Å². The molecule has 0 unspecified atom stereocenters. The van der Waals surface area contributed by atoms with E-state index in [4.69, 9.17) is 4.74 Å². The van der Waals surface area contributed by atoms with Crippen LogP contribution < -0.4 is 5.32 Å². The fraction of sp³-hybridized carbons (Fsp3) is 0.382. The van der Waals surface area contributed by atoms with E-state index in [0.717, 1.165) is 61.2 Å². The lowest BCUT2D eigenvalue weighted by Crippen LogP contribution is -2.33. The predicted molar refractivity (Wildman–Crippen MR) is 164 cm³/mol. The van der Waals surface area contributed by atoms with Gasteiger partial charge in [0.15, 0.2) is 0 Å². The molecule has 0 saturated heterocycles. The minimum atomic E-state index is -0.848. The molecular formula is C34H44N2O5. The van der Waals surface area contributed by atoms with Crippen LogP contribution in [0.15, 0.2) is 66.7 Å². The highest BCUT2D eigenvalue weighted by Gasteiger charge is 2.19. The second-order valence-corrected chi connectivity index (χ2v) is 9.94. The molecule has 41 heavy (non-hydrogen) atoms. The van der Waals surface area contributed by atoms with Gasteiger partial charge >= 0.3 is 11.9 Å². The summed E-state index contributed by atoms with van der Waals surface area (Å²) in [4.78, 5) is 38.4. The number of likely N-dealkylation sites (N-methyl/N-ethyl adjacent to an activating group) is 1. The Kier molecular flexibility index (Phi) is 14.3. The third kappa shape index (κ3) is 10.8. The molecule has 2 N–H and O–H groups in total. The van der Waals surface area contributed by atoms with Crippen LogP contribution in [0.3, 0.4) is 0 Å². The van der Waals surface area contributed by atoms with Crippen molar-refractivity contribution >= 4 is 23.5 Å². The SMILES string of the molecule is CCCCCCc1ccccc1C(=O)OC(=O)c1ccccc1O.CCN(CC)CC(=O)Nc1c(C)cccc1C. The first-order chi connectivity index (χ1) is 19.7. The van der Waals surface area contributed by atoms with E-state index in [1.807, 2.05) is 44.2 Å². The van der Waals surface area contributed by atoms with Gasteiger partial charge in [-0.05, 0) is 74.7 Å². The van der Waals surface area contributed by atoms with Gasteiger partial charge < -0.3 is 15.2 Å². The first-order valence-corrected chi connectivity index (χ1v) is 14.4. The summed E-state index contributed by atoms with van der Waals surface area (Å²) in [7, 11) is 0. The fourth-order valence-electron chi connectivity index (χ4n) is 4.36. The minimum absolute atomic E-state index is 0.0220. The third-order valence-corrected chi connectivity index (χ3v) is 6.85. The molecule has 220 valence electrons. The lowest BCUT2D eigenvalue weighted by atomic mass is 10.0. The van der Waals surface area contributed by atoms with Gasteiger partial charge in [0.2, 0.25) is 5.91 Å². The topological polar surface area (TPSA) is 95.9 Å². The van der Waals surface area contributed by atoms with Crippen molar-refractivity contribution < 1.29 is 24.2 Å². The van der Waals surface area contributed by atoms with E-state index in [2.05, 4.69) is 31.0 Å². The van der Waals surface area contributed by atoms with Gasteiger partial charge in [-0.25, -0.2) is 9.59 Å². The molecule has 3 aromatic carbocycles. The molecule has 3 rings (SSSR count). The van der Waals surface area contributed by atoms with Crippen molar-refractivity contribution in [3.63, 3.8) is 0 Å². The van der Waals surface area contributed by atoms with Crippen LogP contribution in [0, 0.1) is 13.8 Å². The van der Waals surface area contributed by atoms with E-state index in [1.54, 1.807) is 24.3 Å². The second kappa shape index (κ2) is 17.7. The number of carbonyl (C=O) groups excluding carboxylic acids is 3. The molecule has 0 aliphatic rings. The van der Waals surface area contributed by atoms with Crippen molar-refractivity contribution in [3.8, 4) is 5.75 Å². The number of phenols is 1. The number of nitrogens with zero attached hydrogens (tertiary/aromatic N) is 1. The number of phenolic OH excluding ortho intramolecular Hbond substituents is 1. The highest BCUT2D eigenvalue weighted by Crippen LogP contribution is 2.20. The zero-order valence-electron chi connectivity index (χ0n) is 25.0. The Morgan fingerprint density at radius 3 is 1.95 bits per heavy atom. The van der Waals surface area contributed by atoms with Crippen molar-refractivity contribution in [3.05, 3.63) is 94.5 Å². The number of hydrogen-bond donors (Lipinski definition) is 2. The van der Waals surface area contributed by atoms with Gasteiger partial charge in [-0.15, -0.1) is 0 Å². The van der Waals surface area contributed by atoms with Crippen LogP contribution in [0.25, 0.3) is 0 Å². The van der Waals surface area contributed by atoms with Crippen LogP contribution in [0.4, 0.5) is 5.69 Å². The van der Waals surface area contributed by atoms with E-state index < -0.39 is 11.9 Å². The Labute approximate surface area is 244 Å². The van der Waals surface area contributed by atoms with Gasteiger partial charge in [0.05, 0.1) is 12.1 Å². The van der Waals surface area contributed by atoms with Crippen molar-refractivity contribution in [2.24, 2.45) is 0 Å². The van der Waals surface area contributed by atoms with E-state index >= 15 is 0 Å².